The molecular weight excluding hydrogens is 246 g/mol. The second kappa shape index (κ2) is 3.78. The number of hydrogen-bond donors (Lipinski definition) is 3. The van der Waals surface area contributed by atoms with Crippen molar-refractivity contribution in [1.82, 2.24) is 4.98 Å². The van der Waals surface area contributed by atoms with Gasteiger partial charge in [0.1, 0.15) is 5.56 Å². The van der Waals surface area contributed by atoms with E-state index in [0.29, 0.717) is 16.1 Å². The summed E-state index contributed by atoms with van der Waals surface area (Å²) in [5.41, 5.74) is -0.384. The summed E-state index contributed by atoms with van der Waals surface area (Å²) < 4.78 is 0. The monoisotopic (exact) mass is 253 g/mol. The van der Waals surface area contributed by atoms with E-state index in [2.05, 4.69) is 4.98 Å². The van der Waals surface area contributed by atoms with Crippen LogP contribution in [0.2, 0.25) is 5.02 Å². The maximum atomic E-state index is 11.4. The molecule has 2 aromatic rings. The van der Waals surface area contributed by atoms with Crippen molar-refractivity contribution >= 4 is 28.5 Å². The van der Waals surface area contributed by atoms with Crippen LogP contribution in [0.15, 0.2) is 16.9 Å². The van der Waals surface area contributed by atoms with Crippen molar-refractivity contribution in [3.63, 3.8) is 0 Å². The fourth-order valence-electron chi connectivity index (χ4n) is 1.69. The molecule has 0 fully saturated rings. The van der Waals surface area contributed by atoms with Crippen LogP contribution in [-0.2, 0) is 0 Å². The molecule has 2 rings (SSSR count). The van der Waals surface area contributed by atoms with Crippen molar-refractivity contribution in [1.29, 1.82) is 0 Å². The Bertz CT molecular complexity index is 690. The largest absolute Gasteiger partial charge is 0.502 e. The number of pyridine rings is 1. The van der Waals surface area contributed by atoms with E-state index in [9.17, 15) is 14.7 Å². The summed E-state index contributed by atoms with van der Waals surface area (Å²) >= 11 is 5.88. The van der Waals surface area contributed by atoms with Crippen molar-refractivity contribution in [3.05, 3.63) is 38.6 Å². The lowest BCUT2D eigenvalue weighted by atomic mass is 10.1. The van der Waals surface area contributed by atoms with E-state index in [1.807, 2.05) is 0 Å². The van der Waals surface area contributed by atoms with Crippen molar-refractivity contribution in [2.24, 2.45) is 0 Å². The summed E-state index contributed by atoms with van der Waals surface area (Å²) in [6, 6.07) is 2.97. The molecule has 0 saturated carbocycles. The van der Waals surface area contributed by atoms with Gasteiger partial charge in [0.2, 0.25) is 0 Å². The summed E-state index contributed by atoms with van der Waals surface area (Å²) in [6.45, 7) is 1.66. The zero-order valence-corrected chi connectivity index (χ0v) is 9.50. The summed E-state index contributed by atoms with van der Waals surface area (Å²) in [7, 11) is 0. The van der Waals surface area contributed by atoms with Gasteiger partial charge in [-0.25, -0.2) is 4.79 Å². The molecule has 0 aliphatic heterocycles. The Morgan fingerprint density at radius 3 is 2.65 bits per heavy atom. The van der Waals surface area contributed by atoms with E-state index in [1.54, 1.807) is 6.92 Å². The van der Waals surface area contributed by atoms with Crippen LogP contribution >= 0.6 is 11.6 Å². The number of H-pyrrole nitrogens is 1. The first kappa shape index (κ1) is 11.5. The molecule has 0 radical (unpaired) electrons. The quantitative estimate of drug-likeness (QED) is 0.724. The van der Waals surface area contributed by atoms with Crippen LogP contribution in [0, 0.1) is 6.92 Å². The summed E-state index contributed by atoms with van der Waals surface area (Å²) in [5, 5.41) is 19.1. The van der Waals surface area contributed by atoms with E-state index < -0.39 is 22.8 Å². The molecule has 17 heavy (non-hydrogen) atoms. The average Bonchev–Trinajstić information content (AvgIpc) is 2.26. The summed E-state index contributed by atoms with van der Waals surface area (Å²) in [6.07, 6.45) is 0. The molecule has 3 N–H and O–H groups in total. The maximum Gasteiger partial charge on any atom is 0.340 e. The number of aromatic amines is 1. The number of aromatic nitrogens is 1. The first-order valence-electron chi connectivity index (χ1n) is 4.71. The van der Waals surface area contributed by atoms with Crippen LogP contribution in [0.5, 0.6) is 5.75 Å². The predicted molar refractivity (Wildman–Crippen MR) is 62.9 cm³/mol. The number of aryl methyl sites for hydroxylation is 1. The second-order valence-corrected chi connectivity index (χ2v) is 3.99. The van der Waals surface area contributed by atoms with Gasteiger partial charge in [0.15, 0.2) is 5.75 Å². The second-order valence-electron chi connectivity index (χ2n) is 3.58. The van der Waals surface area contributed by atoms with Gasteiger partial charge in [-0.1, -0.05) is 17.7 Å². The standard InChI is InChI=1S/C11H8ClNO4/c1-4-6(12)3-2-5-7(11(16)17)9(14)10(15)13-8(4)5/h2-3,14H,1H3,(H,13,15)(H,16,17). The van der Waals surface area contributed by atoms with Gasteiger partial charge in [-0.05, 0) is 18.6 Å². The minimum atomic E-state index is -1.36. The molecule has 0 aliphatic carbocycles. The Hall–Kier alpha value is -2.01. The molecule has 0 saturated heterocycles. The van der Waals surface area contributed by atoms with Crippen molar-refractivity contribution in [2.45, 2.75) is 6.92 Å². The molecule has 5 nitrogen and oxygen atoms in total. The normalized spacial score (nSPS) is 10.7. The van der Waals surface area contributed by atoms with Crippen molar-refractivity contribution in [3.8, 4) is 5.75 Å². The first-order valence-corrected chi connectivity index (χ1v) is 5.08. The van der Waals surface area contributed by atoms with Gasteiger partial charge >= 0.3 is 5.97 Å². The van der Waals surface area contributed by atoms with Crippen molar-refractivity contribution < 1.29 is 15.0 Å². The summed E-state index contributed by atoms with van der Waals surface area (Å²) in [4.78, 5) is 24.9. The van der Waals surface area contributed by atoms with Gasteiger partial charge in [-0.2, -0.15) is 0 Å². The molecule has 0 unspecified atom stereocenters. The molecule has 1 aromatic carbocycles. The summed E-state index contributed by atoms with van der Waals surface area (Å²) in [5.74, 6) is -2.16. The molecular formula is C11H8ClNO4. The van der Waals surface area contributed by atoms with E-state index in [1.165, 1.54) is 12.1 Å². The number of rotatable bonds is 1. The molecule has 0 aliphatic rings. The van der Waals surface area contributed by atoms with Crippen LogP contribution in [0.3, 0.4) is 0 Å². The van der Waals surface area contributed by atoms with E-state index in [4.69, 9.17) is 16.7 Å². The number of halogens is 1. The number of carboxylic acids is 1. The van der Waals surface area contributed by atoms with Crippen LogP contribution < -0.4 is 5.56 Å². The zero-order valence-electron chi connectivity index (χ0n) is 8.74. The van der Waals surface area contributed by atoms with Crippen LogP contribution in [0.1, 0.15) is 15.9 Å². The lowest BCUT2D eigenvalue weighted by Gasteiger charge is -2.08. The highest BCUT2D eigenvalue weighted by molar-refractivity contribution is 6.32. The van der Waals surface area contributed by atoms with E-state index >= 15 is 0 Å². The SMILES string of the molecule is Cc1c(Cl)ccc2c(C(=O)O)c(O)c(=O)[nH]c12. The van der Waals surface area contributed by atoms with Crippen LogP contribution in [0.25, 0.3) is 10.9 Å². The molecule has 0 spiro atoms. The molecule has 1 heterocycles. The number of carbonyl (C=O) groups is 1. The first-order chi connectivity index (χ1) is 7.93. The van der Waals surface area contributed by atoms with Gasteiger partial charge in [-0.15, -0.1) is 0 Å². The average molecular weight is 254 g/mol. The van der Waals surface area contributed by atoms with Crippen LogP contribution in [0.4, 0.5) is 0 Å². The number of aromatic hydroxyl groups is 1. The number of benzene rings is 1. The lowest BCUT2D eigenvalue weighted by molar-refractivity contribution is 0.0695. The van der Waals surface area contributed by atoms with Gasteiger partial charge in [0, 0.05) is 10.4 Å². The number of fused-ring (bicyclic) bond motifs is 1. The fraction of sp³-hybridized carbons (Fsp3) is 0.0909. The third kappa shape index (κ3) is 1.64. The molecule has 0 bridgehead atoms. The van der Waals surface area contributed by atoms with Crippen LogP contribution in [-0.4, -0.2) is 21.2 Å². The highest BCUT2D eigenvalue weighted by Gasteiger charge is 2.19. The molecule has 0 atom stereocenters. The lowest BCUT2D eigenvalue weighted by Crippen LogP contribution is -2.12. The van der Waals surface area contributed by atoms with Gasteiger partial charge in [-0.3, -0.25) is 4.79 Å². The Morgan fingerprint density at radius 2 is 2.06 bits per heavy atom. The number of carboxylic acid groups (broad SMARTS) is 1. The third-order valence-electron chi connectivity index (χ3n) is 2.57. The number of aromatic carboxylic acids is 1. The smallest absolute Gasteiger partial charge is 0.340 e. The van der Waals surface area contributed by atoms with Gasteiger partial charge in [0.25, 0.3) is 5.56 Å². The highest BCUT2D eigenvalue weighted by atomic mass is 35.5. The van der Waals surface area contributed by atoms with E-state index in [0.717, 1.165) is 0 Å². The molecule has 1 aromatic heterocycles. The molecule has 6 heteroatoms. The third-order valence-corrected chi connectivity index (χ3v) is 2.98. The Morgan fingerprint density at radius 1 is 1.41 bits per heavy atom. The highest BCUT2D eigenvalue weighted by Crippen LogP contribution is 2.28. The van der Waals surface area contributed by atoms with Gasteiger partial charge < -0.3 is 15.2 Å². The molecule has 0 amide bonds. The fourth-order valence-corrected chi connectivity index (χ4v) is 1.84. The number of hydrogen-bond acceptors (Lipinski definition) is 3. The minimum Gasteiger partial charge on any atom is -0.502 e. The maximum absolute atomic E-state index is 11.4. The zero-order chi connectivity index (χ0) is 12.7. The number of nitrogens with one attached hydrogen (secondary N) is 1. The topological polar surface area (TPSA) is 90.4 Å². The Balaban J connectivity index is 3.08. The van der Waals surface area contributed by atoms with Gasteiger partial charge in [0.05, 0.1) is 5.52 Å². The minimum absolute atomic E-state index is 0.247. The Kier molecular flexibility index (Phi) is 2.55. The predicted octanol–water partition coefficient (Wildman–Crippen LogP) is 1.89. The van der Waals surface area contributed by atoms with Crippen molar-refractivity contribution in [2.75, 3.05) is 0 Å². The molecule has 88 valence electrons. The van der Waals surface area contributed by atoms with E-state index in [-0.39, 0.29) is 5.39 Å². The Labute approximate surface area is 100 Å².